The Labute approximate surface area is 200 Å². The lowest BCUT2D eigenvalue weighted by molar-refractivity contribution is -0.157. The van der Waals surface area contributed by atoms with E-state index in [9.17, 15) is 18.4 Å². The van der Waals surface area contributed by atoms with E-state index in [0.717, 1.165) is 16.2 Å². The fraction of sp³-hybridized carbons (Fsp3) is 0.680. The van der Waals surface area contributed by atoms with E-state index in [2.05, 4.69) is 0 Å². The monoisotopic (exact) mass is 482 g/mol. The predicted molar refractivity (Wildman–Crippen MR) is 123 cm³/mol. The number of ether oxygens (including phenoxy) is 3. The fourth-order valence-electron chi connectivity index (χ4n) is 4.62. The number of halogens is 2. The molecule has 2 saturated heterocycles. The lowest BCUT2D eigenvalue weighted by atomic mass is 9.87. The average Bonchev–Trinajstić information content (AvgIpc) is 3.01. The van der Waals surface area contributed by atoms with Crippen molar-refractivity contribution in [2.24, 2.45) is 11.3 Å². The number of carbonyl (C=O) groups is 2. The molecule has 0 N–H and O–H groups in total. The summed E-state index contributed by atoms with van der Waals surface area (Å²) in [6.07, 6.45) is -0.479. The summed E-state index contributed by atoms with van der Waals surface area (Å²) in [5.74, 6) is -3.52. The van der Waals surface area contributed by atoms with Crippen LogP contribution < -0.4 is 4.74 Å². The van der Waals surface area contributed by atoms with Crippen LogP contribution in [0.2, 0.25) is 0 Å². The Hall–Kier alpha value is -2.42. The van der Waals surface area contributed by atoms with Crippen molar-refractivity contribution in [3.05, 3.63) is 29.8 Å². The molecule has 2 aliphatic rings. The Morgan fingerprint density at radius 3 is 2.35 bits per heavy atom. The van der Waals surface area contributed by atoms with Crippen molar-refractivity contribution >= 4 is 12.1 Å². The molecule has 0 saturated carbocycles. The number of amides is 1. The standard InChI is InChI=1S/C25H36F2N2O5/c1-23(2,3)34-22(31)29-16-25(26,27)19-11-12-28(13-20(19)29)15-24(4,5)21(30)33-14-17-7-9-18(32-6)10-8-17/h7-10,19-20H,11-16H2,1-6H3. The van der Waals surface area contributed by atoms with E-state index < -0.39 is 41.5 Å². The Kier molecular flexibility index (Phi) is 7.45. The number of benzene rings is 1. The molecule has 0 spiro atoms. The average molecular weight is 483 g/mol. The minimum atomic E-state index is -2.96. The number of carbonyl (C=O) groups excluding carboxylic acids is 2. The van der Waals surface area contributed by atoms with Crippen molar-refractivity contribution < 1.29 is 32.6 Å². The van der Waals surface area contributed by atoms with Crippen LogP contribution in [0.3, 0.4) is 0 Å². The number of rotatable bonds is 6. The minimum absolute atomic E-state index is 0.135. The molecule has 0 radical (unpaired) electrons. The zero-order valence-electron chi connectivity index (χ0n) is 20.9. The highest BCUT2D eigenvalue weighted by Crippen LogP contribution is 2.43. The second-order valence-electron chi connectivity index (χ2n) is 10.9. The van der Waals surface area contributed by atoms with Crippen LogP contribution in [0.5, 0.6) is 5.75 Å². The first kappa shape index (κ1) is 26.2. The minimum Gasteiger partial charge on any atom is -0.497 e. The van der Waals surface area contributed by atoms with Gasteiger partial charge in [-0.2, -0.15) is 0 Å². The van der Waals surface area contributed by atoms with Gasteiger partial charge < -0.3 is 19.1 Å². The van der Waals surface area contributed by atoms with Gasteiger partial charge in [-0.15, -0.1) is 0 Å². The normalized spacial score (nSPS) is 22.8. The fourth-order valence-corrected chi connectivity index (χ4v) is 4.62. The highest BCUT2D eigenvalue weighted by atomic mass is 19.3. The Morgan fingerprint density at radius 1 is 1.12 bits per heavy atom. The molecule has 2 atom stereocenters. The summed E-state index contributed by atoms with van der Waals surface area (Å²) in [4.78, 5) is 28.6. The lowest BCUT2D eigenvalue weighted by Crippen LogP contribution is -2.53. The Balaban J connectivity index is 1.61. The Morgan fingerprint density at radius 2 is 1.76 bits per heavy atom. The maximum Gasteiger partial charge on any atom is 0.410 e. The molecule has 1 aromatic carbocycles. The van der Waals surface area contributed by atoms with Crippen LogP contribution in [-0.4, -0.2) is 72.7 Å². The molecule has 7 nitrogen and oxygen atoms in total. The number of hydrogen-bond donors (Lipinski definition) is 0. The van der Waals surface area contributed by atoms with Gasteiger partial charge in [0.2, 0.25) is 0 Å². The quantitative estimate of drug-likeness (QED) is 0.562. The van der Waals surface area contributed by atoms with Gasteiger partial charge >= 0.3 is 12.1 Å². The second kappa shape index (κ2) is 9.68. The molecule has 2 heterocycles. The molecular formula is C25H36F2N2O5. The van der Waals surface area contributed by atoms with Gasteiger partial charge in [-0.3, -0.25) is 9.69 Å². The number of likely N-dealkylation sites (tertiary alicyclic amines) is 2. The number of alkyl halides is 2. The number of hydrogen-bond acceptors (Lipinski definition) is 6. The third-order valence-electron chi connectivity index (χ3n) is 6.32. The van der Waals surface area contributed by atoms with Crippen molar-refractivity contribution in [1.82, 2.24) is 9.80 Å². The van der Waals surface area contributed by atoms with E-state index in [1.165, 1.54) is 0 Å². The van der Waals surface area contributed by atoms with Crippen LogP contribution in [0.1, 0.15) is 46.6 Å². The summed E-state index contributed by atoms with van der Waals surface area (Å²) >= 11 is 0. The highest BCUT2D eigenvalue weighted by molar-refractivity contribution is 5.76. The third-order valence-corrected chi connectivity index (χ3v) is 6.32. The van der Waals surface area contributed by atoms with Gasteiger partial charge in [-0.25, -0.2) is 13.6 Å². The smallest absolute Gasteiger partial charge is 0.410 e. The molecule has 2 unspecified atom stereocenters. The molecule has 2 aliphatic heterocycles. The van der Waals surface area contributed by atoms with Gasteiger partial charge in [-0.1, -0.05) is 12.1 Å². The first-order chi connectivity index (χ1) is 15.7. The summed E-state index contributed by atoms with van der Waals surface area (Å²) in [6, 6.07) is 6.59. The first-order valence-corrected chi connectivity index (χ1v) is 11.6. The van der Waals surface area contributed by atoms with E-state index >= 15 is 0 Å². The van der Waals surface area contributed by atoms with Crippen molar-refractivity contribution in [2.45, 2.75) is 65.2 Å². The number of methoxy groups -OCH3 is 1. The summed E-state index contributed by atoms with van der Waals surface area (Å²) in [5.41, 5.74) is -0.780. The summed E-state index contributed by atoms with van der Waals surface area (Å²) in [5, 5.41) is 0. The highest BCUT2D eigenvalue weighted by Gasteiger charge is 2.58. The zero-order chi connectivity index (χ0) is 25.3. The van der Waals surface area contributed by atoms with Gasteiger partial charge in [-0.05, 0) is 65.3 Å². The molecule has 1 aromatic rings. The SMILES string of the molecule is COc1ccc(COC(=O)C(C)(C)CN2CCC3C(C2)N(C(=O)OC(C)(C)C)CC3(F)F)cc1. The van der Waals surface area contributed by atoms with Gasteiger partial charge in [0.25, 0.3) is 5.92 Å². The number of nitrogens with zero attached hydrogens (tertiary/aromatic N) is 2. The predicted octanol–water partition coefficient (Wildman–Crippen LogP) is 4.34. The van der Waals surface area contributed by atoms with E-state index in [0.29, 0.717) is 13.1 Å². The molecule has 0 aliphatic carbocycles. The maximum atomic E-state index is 14.7. The molecule has 1 amide bonds. The van der Waals surface area contributed by atoms with Crippen molar-refractivity contribution in [1.29, 1.82) is 0 Å². The van der Waals surface area contributed by atoms with Crippen molar-refractivity contribution in [3.8, 4) is 5.75 Å². The Bertz CT molecular complexity index is 882. The third kappa shape index (κ3) is 6.17. The molecule has 190 valence electrons. The van der Waals surface area contributed by atoms with E-state index in [1.54, 1.807) is 53.9 Å². The molecule has 0 bridgehead atoms. The van der Waals surface area contributed by atoms with Crippen LogP contribution >= 0.6 is 0 Å². The topological polar surface area (TPSA) is 68.3 Å². The van der Waals surface area contributed by atoms with Gasteiger partial charge in [0.05, 0.1) is 25.1 Å². The van der Waals surface area contributed by atoms with E-state index in [-0.39, 0.29) is 25.5 Å². The van der Waals surface area contributed by atoms with Crippen LogP contribution in [0.4, 0.5) is 13.6 Å². The largest absolute Gasteiger partial charge is 0.497 e. The van der Waals surface area contributed by atoms with Crippen LogP contribution in [0.15, 0.2) is 24.3 Å². The molecular weight excluding hydrogens is 446 g/mol. The molecule has 34 heavy (non-hydrogen) atoms. The molecule has 3 rings (SSSR count). The van der Waals surface area contributed by atoms with Gasteiger partial charge in [0, 0.05) is 19.0 Å². The summed E-state index contributed by atoms with van der Waals surface area (Å²) < 4.78 is 45.4. The maximum absolute atomic E-state index is 14.7. The van der Waals surface area contributed by atoms with Crippen LogP contribution in [0, 0.1) is 11.3 Å². The van der Waals surface area contributed by atoms with Crippen LogP contribution in [-0.2, 0) is 20.9 Å². The van der Waals surface area contributed by atoms with Crippen LogP contribution in [0.25, 0.3) is 0 Å². The molecule has 9 heteroatoms. The summed E-state index contributed by atoms with van der Waals surface area (Å²) in [7, 11) is 1.58. The first-order valence-electron chi connectivity index (χ1n) is 11.6. The van der Waals surface area contributed by atoms with Crippen molar-refractivity contribution in [3.63, 3.8) is 0 Å². The molecule has 2 fully saturated rings. The zero-order valence-corrected chi connectivity index (χ0v) is 20.9. The van der Waals surface area contributed by atoms with Gasteiger partial charge in [0.15, 0.2) is 0 Å². The summed E-state index contributed by atoms with van der Waals surface area (Å²) in [6.45, 7) is 9.22. The second-order valence-corrected chi connectivity index (χ2v) is 10.9. The van der Waals surface area contributed by atoms with Crippen molar-refractivity contribution in [2.75, 3.05) is 33.3 Å². The van der Waals surface area contributed by atoms with Gasteiger partial charge in [0.1, 0.15) is 18.0 Å². The van der Waals surface area contributed by atoms with E-state index in [4.69, 9.17) is 14.2 Å². The number of fused-ring (bicyclic) bond motifs is 1. The van der Waals surface area contributed by atoms with E-state index in [1.807, 2.05) is 17.0 Å². The number of piperidine rings is 1. The number of esters is 1. The molecule has 0 aromatic heterocycles. The lowest BCUT2D eigenvalue weighted by Gasteiger charge is -2.41.